The van der Waals surface area contributed by atoms with E-state index in [0.29, 0.717) is 11.3 Å². The molecule has 0 aliphatic carbocycles. The lowest BCUT2D eigenvalue weighted by Crippen LogP contribution is -2.10. The first-order valence-corrected chi connectivity index (χ1v) is 7.28. The minimum Gasteiger partial charge on any atom is -0.392 e. The van der Waals surface area contributed by atoms with E-state index in [0.717, 1.165) is 16.3 Å². The SMILES string of the molecule is O=C(/C=C/c1cccc2ccccc12)Nc1cnccc1CO. The van der Waals surface area contributed by atoms with Crippen LogP contribution in [0.25, 0.3) is 16.8 Å². The third-order valence-corrected chi connectivity index (χ3v) is 3.58. The van der Waals surface area contributed by atoms with Crippen LogP contribution in [0.2, 0.25) is 0 Å². The van der Waals surface area contributed by atoms with Crippen LogP contribution in [0.1, 0.15) is 11.1 Å². The zero-order chi connectivity index (χ0) is 16.1. The molecule has 0 radical (unpaired) electrons. The summed E-state index contributed by atoms with van der Waals surface area (Å²) in [6.45, 7) is -0.148. The standard InChI is InChI=1S/C19H16N2O2/c22-13-16-10-11-20-12-18(16)21-19(23)9-8-15-6-3-5-14-4-1-2-7-17(14)15/h1-12,22H,13H2,(H,21,23)/b9-8+. The van der Waals surface area contributed by atoms with E-state index in [2.05, 4.69) is 10.3 Å². The number of aromatic nitrogens is 1. The summed E-state index contributed by atoms with van der Waals surface area (Å²) in [7, 11) is 0. The number of benzene rings is 2. The van der Waals surface area contributed by atoms with Crippen LogP contribution in [-0.2, 0) is 11.4 Å². The van der Waals surface area contributed by atoms with E-state index < -0.39 is 0 Å². The largest absolute Gasteiger partial charge is 0.392 e. The predicted octanol–water partition coefficient (Wildman–Crippen LogP) is 3.38. The van der Waals surface area contributed by atoms with Crippen molar-refractivity contribution in [1.29, 1.82) is 0 Å². The number of pyridine rings is 1. The molecule has 1 heterocycles. The lowest BCUT2D eigenvalue weighted by atomic mass is 10.0. The summed E-state index contributed by atoms with van der Waals surface area (Å²) in [5.74, 6) is -0.263. The summed E-state index contributed by atoms with van der Waals surface area (Å²) < 4.78 is 0. The van der Waals surface area contributed by atoms with Gasteiger partial charge in [-0.2, -0.15) is 0 Å². The molecule has 23 heavy (non-hydrogen) atoms. The highest BCUT2D eigenvalue weighted by Crippen LogP contribution is 2.20. The number of hydrogen-bond acceptors (Lipinski definition) is 3. The van der Waals surface area contributed by atoms with Gasteiger partial charge in [0.05, 0.1) is 18.5 Å². The first-order valence-electron chi connectivity index (χ1n) is 7.28. The molecule has 4 heteroatoms. The zero-order valence-corrected chi connectivity index (χ0v) is 12.4. The molecule has 0 fully saturated rings. The summed E-state index contributed by atoms with van der Waals surface area (Å²) in [4.78, 5) is 16.0. The number of anilines is 1. The average Bonchev–Trinajstić information content (AvgIpc) is 2.60. The zero-order valence-electron chi connectivity index (χ0n) is 12.4. The summed E-state index contributed by atoms with van der Waals surface area (Å²) in [5, 5.41) is 14.2. The highest BCUT2D eigenvalue weighted by atomic mass is 16.3. The summed E-state index contributed by atoms with van der Waals surface area (Å²) in [5.41, 5.74) is 2.13. The Hall–Kier alpha value is -2.98. The molecule has 114 valence electrons. The molecule has 0 aliphatic heterocycles. The molecule has 0 bridgehead atoms. The predicted molar refractivity (Wildman–Crippen MR) is 91.8 cm³/mol. The van der Waals surface area contributed by atoms with Gasteiger partial charge in [-0.15, -0.1) is 0 Å². The molecule has 1 amide bonds. The van der Waals surface area contributed by atoms with Crippen molar-refractivity contribution in [2.24, 2.45) is 0 Å². The van der Waals surface area contributed by atoms with Gasteiger partial charge in [-0.05, 0) is 28.5 Å². The number of nitrogens with one attached hydrogen (secondary N) is 1. The minimum absolute atomic E-state index is 0.148. The number of carbonyl (C=O) groups excluding carboxylic acids is 1. The molecule has 2 N–H and O–H groups in total. The topological polar surface area (TPSA) is 62.2 Å². The molecule has 1 aromatic heterocycles. The first kappa shape index (κ1) is 14.9. The third-order valence-electron chi connectivity index (χ3n) is 3.58. The number of rotatable bonds is 4. The number of aliphatic hydroxyl groups is 1. The molecule has 0 saturated heterocycles. The van der Waals surface area contributed by atoms with Crippen molar-refractivity contribution in [1.82, 2.24) is 4.98 Å². The van der Waals surface area contributed by atoms with Crippen molar-refractivity contribution in [2.75, 3.05) is 5.32 Å². The molecule has 3 aromatic rings. The van der Waals surface area contributed by atoms with Crippen LogP contribution >= 0.6 is 0 Å². The Morgan fingerprint density at radius 3 is 2.83 bits per heavy atom. The van der Waals surface area contributed by atoms with E-state index in [1.165, 1.54) is 12.3 Å². The molecule has 0 spiro atoms. The molecule has 0 aliphatic rings. The lowest BCUT2D eigenvalue weighted by molar-refractivity contribution is -0.111. The Morgan fingerprint density at radius 1 is 1.13 bits per heavy atom. The Balaban J connectivity index is 1.80. The van der Waals surface area contributed by atoms with Gasteiger partial charge in [0, 0.05) is 17.8 Å². The molecule has 0 atom stereocenters. The minimum atomic E-state index is -0.263. The molecular formula is C19H16N2O2. The van der Waals surface area contributed by atoms with Crippen molar-refractivity contribution in [3.63, 3.8) is 0 Å². The van der Waals surface area contributed by atoms with Gasteiger partial charge in [-0.1, -0.05) is 42.5 Å². The maximum absolute atomic E-state index is 12.1. The number of amides is 1. The van der Waals surface area contributed by atoms with E-state index in [-0.39, 0.29) is 12.5 Å². The van der Waals surface area contributed by atoms with Crippen LogP contribution in [0.3, 0.4) is 0 Å². The summed E-state index contributed by atoms with van der Waals surface area (Å²) in [6, 6.07) is 15.7. The summed E-state index contributed by atoms with van der Waals surface area (Å²) in [6.07, 6.45) is 6.37. The van der Waals surface area contributed by atoms with Gasteiger partial charge in [0.2, 0.25) is 5.91 Å². The first-order chi connectivity index (χ1) is 11.3. The van der Waals surface area contributed by atoms with Crippen LogP contribution in [0.4, 0.5) is 5.69 Å². The van der Waals surface area contributed by atoms with Crippen molar-refractivity contribution in [3.8, 4) is 0 Å². The van der Waals surface area contributed by atoms with Crippen molar-refractivity contribution in [3.05, 3.63) is 78.1 Å². The molecule has 4 nitrogen and oxygen atoms in total. The Labute approximate surface area is 134 Å². The maximum atomic E-state index is 12.1. The maximum Gasteiger partial charge on any atom is 0.248 e. The fraction of sp³-hybridized carbons (Fsp3) is 0.0526. The molecule has 0 unspecified atom stereocenters. The van der Waals surface area contributed by atoms with E-state index in [1.54, 1.807) is 18.3 Å². The molecule has 0 saturated carbocycles. The van der Waals surface area contributed by atoms with Gasteiger partial charge in [0.1, 0.15) is 0 Å². The number of carbonyl (C=O) groups is 1. The van der Waals surface area contributed by atoms with Gasteiger partial charge in [0.15, 0.2) is 0 Å². The normalized spacial score (nSPS) is 11.0. The van der Waals surface area contributed by atoms with E-state index in [1.807, 2.05) is 42.5 Å². The highest BCUT2D eigenvalue weighted by molar-refractivity contribution is 6.03. The Kier molecular flexibility index (Phi) is 4.45. The molecule has 2 aromatic carbocycles. The van der Waals surface area contributed by atoms with Crippen molar-refractivity contribution in [2.45, 2.75) is 6.61 Å². The van der Waals surface area contributed by atoms with Crippen LogP contribution in [0, 0.1) is 0 Å². The van der Waals surface area contributed by atoms with Crippen LogP contribution in [0.15, 0.2) is 67.0 Å². The number of aliphatic hydroxyl groups excluding tert-OH is 1. The van der Waals surface area contributed by atoms with Crippen LogP contribution in [-0.4, -0.2) is 16.0 Å². The highest BCUT2D eigenvalue weighted by Gasteiger charge is 2.04. The second-order valence-electron chi connectivity index (χ2n) is 5.08. The second-order valence-corrected chi connectivity index (χ2v) is 5.08. The summed E-state index contributed by atoms with van der Waals surface area (Å²) >= 11 is 0. The van der Waals surface area contributed by atoms with Gasteiger partial charge in [-0.25, -0.2) is 0 Å². The smallest absolute Gasteiger partial charge is 0.248 e. The number of fused-ring (bicyclic) bond motifs is 1. The fourth-order valence-electron chi connectivity index (χ4n) is 2.41. The van der Waals surface area contributed by atoms with Crippen LogP contribution < -0.4 is 5.32 Å². The Bertz CT molecular complexity index is 867. The quantitative estimate of drug-likeness (QED) is 0.726. The van der Waals surface area contributed by atoms with Crippen LogP contribution in [0.5, 0.6) is 0 Å². The Morgan fingerprint density at radius 2 is 1.96 bits per heavy atom. The molecular weight excluding hydrogens is 288 g/mol. The second kappa shape index (κ2) is 6.85. The van der Waals surface area contributed by atoms with Gasteiger partial charge >= 0.3 is 0 Å². The number of nitrogens with zero attached hydrogens (tertiary/aromatic N) is 1. The third kappa shape index (κ3) is 3.44. The molecule has 3 rings (SSSR count). The fourth-order valence-corrected chi connectivity index (χ4v) is 2.41. The monoisotopic (exact) mass is 304 g/mol. The van der Waals surface area contributed by atoms with Crippen molar-refractivity contribution >= 4 is 28.4 Å². The van der Waals surface area contributed by atoms with Crippen molar-refractivity contribution < 1.29 is 9.90 Å². The van der Waals surface area contributed by atoms with Gasteiger partial charge in [0.25, 0.3) is 0 Å². The van der Waals surface area contributed by atoms with E-state index in [4.69, 9.17) is 0 Å². The average molecular weight is 304 g/mol. The van der Waals surface area contributed by atoms with Gasteiger partial charge < -0.3 is 10.4 Å². The lowest BCUT2D eigenvalue weighted by Gasteiger charge is -2.06. The van der Waals surface area contributed by atoms with E-state index >= 15 is 0 Å². The van der Waals surface area contributed by atoms with E-state index in [9.17, 15) is 9.90 Å². The van der Waals surface area contributed by atoms with Gasteiger partial charge in [-0.3, -0.25) is 9.78 Å². The number of hydrogen-bond donors (Lipinski definition) is 2.